The number of aliphatic carboxylic acids is 1. The van der Waals surface area contributed by atoms with E-state index in [1.165, 1.54) is 12.1 Å². The van der Waals surface area contributed by atoms with Crippen molar-refractivity contribution in [3.05, 3.63) is 53.6 Å². The Kier molecular flexibility index (Phi) is 11.3. The first kappa shape index (κ1) is 31.9. The quantitative estimate of drug-likeness (QED) is 0.377. The molecule has 2 aromatic rings. The van der Waals surface area contributed by atoms with E-state index in [-0.39, 0.29) is 23.4 Å². The molecule has 14 heteroatoms. The molecule has 1 saturated heterocycles. The van der Waals surface area contributed by atoms with Crippen molar-refractivity contribution in [2.45, 2.75) is 26.1 Å². The van der Waals surface area contributed by atoms with Gasteiger partial charge in [-0.2, -0.15) is 13.2 Å². The van der Waals surface area contributed by atoms with Crippen LogP contribution < -0.4 is 20.3 Å². The minimum absolute atomic E-state index is 0.00305. The van der Waals surface area contributed by atoms with Crippen molar-refractivity contribution in [1.82, 2.24) is 10.2 Å². The van der Waals surface area contributed by atoms with Gasteiger partial charge in [-0.3, -0.25) is 14.5 Å². The van der Waals surface area contributed by atoms with E-state index < -0.39 is 18.1 Å². The number of benzene rings is 2. The van der Waals surface area contributed by atoms with Crippen LogP contribution in [0.1, 0.15) is 34.6 Å². The molecular formula is C26H31F3N4O7. The lowest BCUT2D eigenvalue weighted by atomic mass is 10.1. The monoisotopic (exact) mass is 568 g/mol. The molecule has 218 valence electrons. The summed E-state index contributed by atoms with van der Waals surface area (Å²) in [5, 5.41) is 22.3. The summed E-state index contributed by atoms with van der Waals surface area (Å²) in [5.74, 6) is -3.53. The Morgan fingerprint density at radius 3 is 1.98 bits per heavy atom. The van der Waals surface area contributed by atoms with Crippen molar-refractivity contribution in [2.24, 2.45) is 0 Å². The number of nitrogens with zero attached hydrogens (tertiary/aromatic N) is 2. The van der Waals surface area contributed by atoms with Crippen molar-refractivity contribution in [3.63, 3.8) is 0 Å². The normalized spacial score (nSPS) is 13.6. The van der Waals surface area contributed by atoms with Crippen LogP contribution in [0.3, 0.4) is 0 Å². The minimum atomic E-state index is -5.08. The molecule has 2 amide bonds. The average Bonchev–Trinajstić information content (AvgIpc) is 2.88. The van der Waals surface area contributed by atoms with Crippen LogP contribution in [-0.4, -0.2) is 90.9 Å². The van der Waals surface area contributed by atoms with Crippen molar-refractivity contribution in [3.8, 4) is 5.75 Å². The largest absolute Gasteiger partial charge is 0.497 e. The van der Waals surface area contributed by atoms with Gasteiger partial charge in [-0.15, -0.1) is 0 Å². The molecule has 0 aromatic heterocycles. The van der Waals surface area contributed by atoms with Gasteiger partial charge in [-0.25, -0.2) is 9.59 Å². The van der Waals surface area contributed by atoms with Gasteiger partial charge in [-0.05, 0) is 56.3 Å². The first-order valence-electron chi connectivity index (χ1n) is 12.1. The summed E-state index contributed by atoms with van der Waals surface area (Å²) in [6.07, 6.45) is -5.08. The average molecular weight is 569 g/mol. The third-order valence-corrected chi connectivity index (χ3v) is 5.62. The molecule has 1 aliphatic rings. The molecule has 3 rings (SSSR count). The highest BCUT2D eigenvalue weighted by Crippen LogP contribution is 2.29. The number of piperazine rings is 1. The molecule has 0 bridgehead atoms. The Labute approximate surface area is 228 Å². The molecule has 0 aliphatic carbocycles. The number of halogens is 3. The lowest BCUT2D eigenvalue weighted by molar-refractivity contribution is -0.192. The van der Waals surface area contributed by atoms with E-state index in [2.05, 4.69) is 20.4 Å². The summed E-state index contributed by atoms with van der Waals surface area (Å²) in [7, 11) is 1.55. The topological polar surface area (TPSA) is 149 Å². The summed E-state index contributed by atoms with van der Waals surface area (Å²) < 4.78 is 36.9. The van der Waals surface area contributed by atoms with Gasteiger partial charge in [0.05, 0.1) is 30.6 Å². The molecule has 4 N–H and O–H groups in total. The first-order chi connectivity index (χ1) is 18.7. The van der Waals surface area contributed by atoms with Gasteiger partial charge in [0.25, 0.3) is 5.91 Å². The number of anilines is 2. The molecule has 1 aliphatic heterocycles. The zero-order valence-electron chi connectivity index (χ0n) is 22.1. The Morgan fingerprint density at radius 1 is 0.950 bits per heavy atom. The third kappa shape index (κ3) is 9.76. The SMILES string of the molecule is COc1ccc(C(=O)Nc2cc(C(=O)O)ccc2N2CCN(CC(=O)NC(C)C)CC2)cc1.O=C(O)C(F)(F)F. The van der Waals surface area contributed by atoms with Crippen LogP contribution in [0.5, 0.6) is 5.75 Å². The number of hydrogen-bond acceptors (Lipinski definition) is 7. The number of alkyl halides is 3. The smallest absolute Gasteiger partial charge is 0.490 e. The van der Waals surface area contributed by atoms with Crippen LogP contribution in [0.4, 0.5) is 24.5 Å². The Bertz CT molecular complexity index is 1200. The lowest BCUT2D eigenvalue weighted by Gasteiger charge is -2.36. The number of carboxylic acid groups (broad SMARTS) is 2. The van der Waals surface area contributed by atoms with Gasteiger partial charge in [-0.1, -0.05) is 0 Å². The second-order valence-corrected chi connectivity index (χ2v) is 9.01. The number of carboxylic acids is 2. The first-order valence-corrected chi connectivity index (χ1v) is 12.1. The van der Waals surface area contributed by atoms with Crippen LogP contribution in [0, 0.1) is 0 Å². The van der Waals surface area contributed by atoms with Gasteiger partial charge in [0.1, 0.15) is 5.75 Å². The maximum atomic E-state index is 12.8. The molecule has 1 fully saturated rings. The zero-order valence-corrected chi connectivity index (χ0v) is 22.1. The van der Waals surface area contributed by atoms with Crippen LogP contribution >= 0.6 is 0 Å². The molecule has 0 atom stereocenters. The van der Waals surface area contributed by atoms with Gasteiger partial charge >= 0.3 is 18.1 Å². The standard InChI is InChI=1S/C24H30N4O5.C2HF3O2/c1-16(2)25-22(29)15-27-10-12-28(13-11-27)21-9-6-18(24(31)32)14-20(21)26-23(30)17-4-7-19(33-3)8-5-17;3-2(4,5)1(6)7/h4-9,14,16H,10-13,15H2,1-3H3,(H,25,29)(H,26,30)(H,31,32);(H,6,7). The van der Waals surface area contributed by atoms with Crippen LogP contribution in [-0.2, 0) is 9.59 Å². The number of ether oxygens (including phenoxy) is 1. The minimum Gasteiger partial charge on any atom is -0.497 e. The van der Waals surface area contributed by atoms with Gasteiger partial charge in [0.15, 0.2) is 0 Å². The van der Waals surface area contributed by atoms with Crippen molar-refractivity contribution in [1.29, 1.82) is 0 Å². The summed E-state index contributed by atoms with van der Waals surface area (Å²) in [4.78, 5) is 49.4. The molecule has 1 heterocycles. The summed E-state index contributed by atoms with van der Waals surface area (Å²) in [6.45, 7) is 6.84. The van der Waals surface area contributed by atoms with Crippen LogP contribution in [0.25, 0.3) is 0 Å². The number of methoxy groups -OCH3 is 1. The second-order valence-electron chi connectivity index (χ2n) is 9.01. The molecule has 0 saturated carbocycles. The van der Waals surface area contributed by atoms with Gasteiger partial charge in [0, 0.05) is 37.8 Å². The maximum Gasteiger partial charge on any atom is 0.490 e. The van der Waals surface area contributed by atoms with Crippen molar-refractivity contribution in [2.75, 3.05) is 50.1 Å². The Morgan fingerprint density at radius 2 is 1.50 bits per heavy atom. The van der Waals surface area contributed by atoms with E-state index in [0.717, 1.165) is 5.69 Å². The Hall–Kier alpha value is -4.33. The number of hydrogen-bond donors (Lipinski definition) is 4. The molecule has 2 aromatic carbocycles. The number of aromatic carboxylic acids is 1. The Balaban J connectivity index is 0.000000708. The molecule has 40 heavy (non-hydrogen) atoms. The lowest BCUT2D eigenvalue weighted by Crippen LogP contribution is -2.50. The number of carbonyl (C=O) groups excluding carboxylic acids is 2. The zero-order chi connectivity index (χ0) is 30.0. The highest BCUT2D eigenvalue weighted by molar-refractivity contribution is 6.06. The van der Waals surface area contributed by atoms with Crippen LogP contribution in [0.2, 0.25) is 0 Å². The highest BCUT2D eigenvalue weighted by atomic mass is 19.4. The predicted octanol–water partition coefficient (Wildman–Crippen LogP) is 2.93. The van der Waals surface area contributed by atoms with Gasteiger partial charge < -0.3 is 30.5 Å². The van der Waals surface area contributed by atoms with E-state index in [9.17, 15) is 32.7 Å². The summed E-state index contributed by atoms with van der Waals surface area (Å²) >= 11 is 0. The molecule has 11 nitrogen and oxygen atoms in total. The van der Waals surface area contributed by atoms with Crippen molar-refractivity contribution >= 4 is 35.1 Å². The molecule has 0 radical (unpaired) electrons. The van der Waals surface area contributed by atoms with E-state index in [1.807, 2.05) is 13.8 Å². The van der Waals surface area contributed by atoms with Crippen molar-refractivity contribution < 1.29 is 47.3 Å². The van der Waals surface area contributed by atoms with E-state index in [1.54, 1.807) is 37.4 Å². The molecule has 0 unspecified atom stereocenters. The predicted molar refractivity (Wildman–Crippen MR) is 140 cm³/mol. The fourth-order valence-electron chi connectivity index (χ4n) is 3.70. The fourth-order valence-corrected chi connectivity index (χ4v) is 3.70. The highest BCUT2D eigenvalue weighted by Gasteiger charge is 2.38. The van der Waals surface area contributed by atoms with E-state index in [4.69, 9.17) is 14.6 Å². The number of rotatable bonds is 8. The summed E-state index contributed by atoms with van der Waals surface area (Å²) in [6, 6.07) is 11.5. The second kappa shape index (κ2) is 14.2. The fraction of sp³-hybridized carbons (Fsp3) is 0.385. The van der Waals surface area contributed by atoms with E-state index in [0.29, 0.717) is 49.7 Å². The number of nitrogens with one attached hydrogen (secondary N) is 2. The van der Waals surface area contributed by atoms with E-state index >= 15 is 0 Å². The third-order valence-electron chi connectivity index (χ3n) is 5.62. The number of carbonyl (C=O) groups is 4. The summed E-state index contributed by atoms with van der Waals surface area (Å²) in [5.41, 5.74) is 1.70. The molecular weight excluding hydrogens is 537 g/mol. The maximum absolute atomic E-state index is 12.8. The molecule has 0 spiro atoms. The number of amides is 2. The van der Waals surface area contributed by atoms with Gasteiger partial charge in [0.2, 0.25) is 5.91 Å². The van der Waals surface area contributed by atoms with Crippen LogP contribution in [0.15, 0.2) is 42.5 Å².